The first-order valence-electron chi connectivity index (χ1n) is 17.0. The molecule has 0 amide bonds. The van der Waals surface area contributed by atoms with Crippen LogP contribution in [0.4, 0.5) is 0 Å². The molecule has 4 saturated carbocycles. The van der Waals surface area contributed by atoms with Gasteiger partial charge in [-0.25, -0.2) is 0 Å². The lowest BCUT2D eigenvalue weighted by Crippen LogP contribution is -2.60. The molecular weight excluding hydrogens is 522 g/mol. The lowest BCUT2D eigenvalue weighted by atomic mass is 9.51. The molecule has 41 heavy (non-hydrogen) atoms. The minimum Gasteiger partial charge on any atom is -0.394 e. The molecule has 3 aliphatic heterocycles. The Balaban J connectivity index is 1.06. The Morgan fingerprint density at radius 3 is 2.34 bits per heavy atom. The van der Waals surface area contributed by atoms with Crippen molar-refractivity contribution in [2.75, 3.05) is 19.7 Å². The molecule has 7 rings (SSSR count). The maximum absolute atomic E-state index is 11.6. The fraction of sp³-hybridized carbons (Fsp3) is 1.00. The van der Waals surface area contributed by atoms with Crippen molar-refractivity contribution >= 4 is 0 Å². The van der Waals surface area contributed by atoms with E-state index in [0.717, 1.165) is 60.8 Å². The summed E-state index contributed by atoms with van der Waals surface area (Å²) < 4.78 is 11.9. The highest BCUT2D eigenvalue weighted by atomic mass is 16.7. The SMILES string of the molecule is CC1[C@@H]2CC[C@@H]3[C@@H](C[C@H]4[C@H]3C[C@@H](O)[C@H]3C[C@@H](O[C@@H]5O[C@H](CO)[C@@H](O)[C@H](O)[C@H]5O)CC[C@@]34C)[C@@H]2CN2C[C@@H](C)CC[C@@H]12. The van der Waals surface area contributed by atoms with Gasteiger partial charge in [-0.15, -0.1) is 0 Å². The maximum atomic E-state index is 11.6. The van der Waals surface area contributed by atoms with Crippen molar-refractivity contribution in [2.24, 2.45) is 58.7 Å². The molecule has 4 aliphatic carbocycles. The van der Waals surface area contributed by atoms with Crippen LogP contribution in [-0.2, 0) is 9.47 Å². The van der Waals surface area contributed by atoms with Crippen LogP contribution < -0.4 is 0 Å². The van der Waals surface area contributed by atoms with Crippen molar-refractivity contribution < 1.29 is 35.0 Å². The Morgan fingerprint density at radius 2 is 1.56 bits per heavy atom. The van der Waals surface area contributed by atoms with Gasteiger partial charge < -0.3 is 35.0 Å². The van der Waals surface area contributed by atoms with Gasteiger partial charge in [0.2, 0.25) is 0 Å². The lowest BCUT2D eigenvalue weighted by molar-refractivity contribution is -0.317. The average Bonchev–Trinajstić information content (AvgIpc) is 3.34. The van der Waals surface area contributed by atoms with E-state index in [9.17, 15) is 25.5 Å². The number of aliphatic hydroxyl groups is 5. The number of fused-ring (bicyclic) bond motifs is 8. The molecule has 3 saturated heterocycles. The zero-order valence-electron chi connectivity index (χ0n) is 25.3. The van der Waals surface area contributed by atoms with Crippen molar-refractivity contribution in [1.29, 1.82) is 0 Å². The molecular formula is C33H55NO7. The van der Waals surface area contributed by atoms with E-state index in [1.54, 1.807) is 0 Å². The summed E-state index contributed by atoms with van der Waals surface area (Å²) in [6, 6.07) is 0.787. The van der Waals surface area contributed by atoms with Gasteiger partial charge in [-0.2, -0.15) is 0 Å². The van der Waals surface area contributed by atoms with Gasteiger partial charge >= 0.3 is 0 Å². The Hall–Kier alpha value is -0.320. The van der Waals surface area contributed by atoms with Crippen LogP contribution in [0.5, 0.6) is 0 Å². The zero-order valence-corrected chi connectivity index (χ0v) is 25.3. The highest BCUT2D eigenvalue weighted by molar-refractivity contribution is 5.12. The summed E-state index contributed by atoms with van der Waals surface area (Å²) in [5, 5.41) is 52.1. The molecule has 0 aromatic carbocycles. The highest BCUT2D eigenvalue weighted by Crippen LogP contribution is 2.67. The predicted octanol–water partition coefficient (Wildman–Crippen LogP) is 2.39. The predicted molar refractivity (Wildman–Crippen MR) is 152 cm³/mol. The Labute approximate surface area is 245 Å². The second kappa shape index (κ2) is 10.9. The van der Waals surface area contributed by atoms with Gasteiger partial charge in [0.05, 0.1) is 18.8 Å². The van der Waals surface area contributed by atoms with Crippen LogP contribution in [0.3, 0.4) is 0 Å². The molecule has 8 nitrogen and oxygen atoms in total. The van der Waals surface area contributed by atoms with Gasteiger partial charge in [-0.05, 0) is 116 Å². The van der Waals surface area contributed by atoms with Crippen molar-refractivity contribution in [3.63, 3.8) is 0 Å². The number of nitrogens with zero attached hydrogens (tertiary/aromatic N) is 1. The third kappa shape index (κ3) is 4.68. The summed E-state index contributed by atoms with van der Waals surface area (Å²) in [4.78, 5) is 2.88. The number of aliphatic hydroxyl groups excluding tert-OH is 5. The molecule has 7 fully saturated rings. The van der Waals surface area contributed by atoms with E-state index in [0.29, 0.717) is 18.3 Å². The van der Waals surface area contributed by atoms with E-state index in [-0.39, 0.29) is 23.5 Å². The number of ether oxygens (including phenoxy) is 2. The Morgan fingerprint density at radius 1 is 0.780 bits per heavy atom. The number of rotatable bonds is 3. The summed E-state index contributed by atoms with van der Waals surface area (Å²) in [5.74, 6) is 6.23. The highest BCUT2D eigenvalue weighted by Gasteiger charge is 2.63. The summed E-state index contributed by atoms with van der Waals surface area (Å²) in [7, 11) is 0. The van der Waals surface area contributed by atoms with Crippen molar-refractivity contribution in [3.05, 3.63) is 0 Å². The van der Waals surface area contributed by atoms with Crippen molar-refractivity contribution in [2.45, 2.75) is 128 Å². The van der Waals surface area contributed by atoms with E-state index in [1.807, 2.05) is 0 Å². The quantitative estimate of drug-likeness (QED) is 0.324. The third-order valence-corrected chi connectivity index (χ3v) is 14.1. The number of hydrogen-bond acceptors (Lipinski definition) is 8. The van der Waals surface area contributed by atoms with Crippen molar-refractivity contribution in [3.8, 4) is 0 Å². The lowest BCUT2D eigenvalue weighted by Gasteiger charge is -2.57. The van der Waals surface area contributed by atoms with E-state index in [4.69, 9.17) is 9.47 Å². The van der Waals surface area contributed by atoms with Crippen LogP contribution >= 0.6 is 0 Å². The average molecular weight is 578 g/mol. The largest absolute Gasteiger partial charge is 0.394 e. The fourth-order valence-electron chi connectivity index (χ4n) is 12.1. The molecule has 8 heteroatoms. The summed E-state index contributed by atoms with van der Waals surface area (Å²) in [6.45, 7) is 9.55. The molecule has 7 aliphatic rings. The fourth-order valence-corrected chi connectivity index (χ4v) is 12.1. The van der Waals surface area contributed by atoms with Crippen molar-refractivity contribution in [1.82, 2.24) is 4.90 Å². The topological polar surface area (TPSA) is 123 Å². The summed E-state index contributed by atoms with van der Waals surface area (Å²) in [5.41, 5.74) is 0.0763. The first kappa shape index (κ1) is 29.4. The minimum atomic E-state index is -1.43. The molecule has 18 atom stereocenters. The van der Waals surface area contributed by atoms with Gasteiger partial charge in [0.1, 0.15) is 24.4 Å². The minimum absolute atomic E-state index is 0.0763. The zero-order chi connectivity index (χ0) is 28.8. The molecule has 0 bridgehead atoms. The van der Waals surface area contributed by atoms with Gasteiger partial charge in [0.15, 0.2) is 6.29 Å². The molecule has 0 radical (unpaired) electrons. The van der Waals surface area contributed by atoms with Gasteiger partial charge in [0, 0.05) is 19.1 Å². The monoisotopic (exact) mass is 577 g/mol. The molecule has 234 valence electrons. The summed E-state index contributed by atoms with van der Waals surface area (Å²) >= 11 is 0. The first-order chi connectivity index (χ1) is 19.6. The van der Waals surface area contributed by atoms with Crippen LogP contribution in [0.1, 0.15) is 78.6 Å². The van der Waals surface area contributed by atoms with Gasteiger partial charge in [-0.1, -0.05) is 20.8 Å². The van der Waals surface area contributed by atoms with E-state index in [2.05, 4.69) is 25.7 Å². The maximum Gasteiger partial charge on any atom is 0.186 e. The standard InChI is InChI=1S/C33H55NO7/c1-16-4-7-26-17(2)19-5-6-20-21(23(19)14-34(26)13-16)11-24-22(20)12-27(36)25-10-18(8-9-33(24,25)3)40-32-31(39)30(38)29(37)28(15-35)41-32/h16-32,35-39H,4-15H2,1-3H3/t16-,17?,18-,19-,20+,21+,22-,23+,24-,25+,26-,27+,28+,29+,30-,31+,32+,33+/m0/s1. The smallest absolute Gasteiger partial charge is 0.186 e. The first-order valence-corrected chi connectivity index (χ1v) is 17.0. The van der Waals surface area contributed by atoms with Crippen LogP contribution in [-0.4, -0.2) is 99.1 Å². The van der Waals surface area contributed by atoms with Crippen LogP contribution in [0, 0.1) is 58.7 Å². The number of piperidine rings is 2. The van der Waals surface area contributed by atoms with Crippen LogP contribution in [0.2, 0.25) is 0 Å². The van der Waals surface area contributed by atoms with Crippen LogP contribution in [0.15, 0.2) is 0 Å². The Bertz CT molecular complexity index is 949. The van der Waals surface area contributed by atoms with E-state index >= 15 is 0 Å². The molecule has 0 spiro atoms. The van der Waals surface area contributed by atoms with Crippen LogP contribution in [0.25, 0.3) is 0 Å². The Kier molecular flexibility index (Phi) is 7.84. The number of hydrogen-bond donors (Lipinski definition) is 5. The molecule has 0 aromatic heterocycles. The van der Waals surface area contributed by atoms with Gasteiger partial charge in [-0.3, -0.25) is 4.90 Å². The molecule has 0 aromatic rings. The normalized spacial score (nSPS) is 59.0. The molecule has 1 unspecified atom stereocenters. The molecule has 5 N–H and O–H groups in total. The second-order valence-corrected chi connectivity index (χ2v) is 15.9. The summed E-state index contributed by atoms with van der Waals surface area (Å²) in [6.07, 6.45) is 3.39. The van der Waals surface area contributed by atoms with E-state index < -0.39 is 37.3 Å². The van der Waals surface area contributed by atoms with E-state index in [1.165, 1.54) is 45.2 Å². The second-order valence-electron chi connectivity index (χ2n) is 15.9. The third-order valence-electron chi connectivity index (χ3n) is 14.1. The molecule has 3 heterocycles. The van der Waals surface area contributed by atoms with Gasteiger partial charge in [0.25, 0.3) is 0 Å².